The summed E-state index contributed by atoms with van der Waals surface area (Å²) in [6.07, 6.45) is 12.9. The molecule has 288 valence electrons. The van der Waals surface area contributed by atoms with Crippen LogP contribution in [0.2, 0.25) is 0 Å². The van der Waals surface area contributed by atoms with E-state index < -0.39 is 0 Å². The number of nitrogens with zero attached hydrogens (tertiary/aromatic N) is 6. The molecule has 0 fully saturated rings. The average Bonchev–Trinajstić information content (AvgIpc) is 3.75. The van der Waals surface area contributed by atoms with Crippen LogP contribution in [-0.2, 0) is 25.0 Å². The minimum absolute atomic E-state index is 0. The molecule has 8 nitrogen and oxygen atoms in total. The van der Waals surface area contributed by atoms with Gasteiger partial charge in [0.05, 0.1) is 18.3 Å². The zero-order valence-corrected chi connectivity index (χ0v) is 38.4. The standard InChI is InChI=1S/C29H41N2.C7H8.2C4H6N2.2O.U/c1-18(2)24-13-11-14-25(19(3)4)28(24)30-22(9)17-23(10)31-29-26(20(5)6)15-12-16-27(29)21(7)8;1-7-5-3-2-4-6-7;2*1-6-3-2-5-4-6;;;/h11-21H,1-10H3;2-6H,1H3;2*2-4H,1H3;;;/q-1;;;;2*-2;/b22-17-,31-23?;;;;;;. The first kappa shape index (κ1) is 51.4. The first-order valence-corrected chi connectivity index (χ1v) is 17.8. The second-order valence-electron chi connectivity index (χ2n) is 14.0. The van der Waals surface area contributed by atoms with E-state index in [1.54, 1.807) is 25.0 Å². The van der Waals surface area contributed by atoms with Gasteiger partial charge in [0, 0.05) is 75.7 Å². The van der Waals surface area contributed by atoms with Crippen molar-refractivity contribution in [1.82, 2.24) is 19.1 Å². The maximum atomic E-state index is 5.08. The predicted molar refractivity (Wildman–Crippen MR) is 218 cm³/mol. The number of hydrogen-bond acceptors (Lipinski definition) is 3. The summed E-state index contributed by atoms with van der Waals surface area (Å²) in [5, 5.41) is 5.08. The van der Waals surface area contributed by atoms with Crippen LogP contribution in [0.5, 0.6) is 0 Å². The van der Waals surface area contributed by atoms with Crippen molar-refractivity contribution in [3.63, 3.8) is 0 Å². The molecule has 0 atom stereocenters. The molecular weight excluding hydrogens is 883 g/mol. The second-order valence-corrected chi connectivity index (χ2v) is 14.0. The van der Waals surface area contributed by atoms with Crippen LogP contribution in [0.1, 0.15) is 121 Å². The molecule has 9 heteroatoms. The molecule has 0 aliphatic rings. The molecule has 5 rings (SSSR count). The number of aliphatic imine (C=N–C) groups is 1. The summed E-state index contributed by atoms with van der Waals surface area (Å²) in [6.45, 7) is 24.1. The Morgan fingerprint density at radius 3 is 1.30 bits per heavy atom. The molecule has 0 saturated heterocycles. The number of imidazole rings is 2. The molecular formula is C44H61N6O2U-5. The van der Waals surface area contributed by atoms with Crippen molar-refractivity contribution in [2.24, 2.45) is 19.1 Å². The van der Waals surface area contributed by atoms with E-state index in [1.807, 2.05) is 53.8 Å². The maximum Gasteiger partial charge on any atom is 0.0943 e. The molecule has 0 bridgehead atoms. The summed E-state index contributed by atoms with van der Waals surface area (Å²) in [4.78, 5) is 12.6. The summed E-state index contributed by atoms with van der Waals surface area (Å²) >= 11 is 0. The van der Waals surface area contributed by atoms with Gasteiger partial charge in [0.15, 0.2) is 0 Å². The minimum atomic E-state index is 0. The van der Waals surface area contributed by atoms with Crippen molar-refractivity contribution >= 4 is 17.1 Å². The van der Waals surface area contributed by atoms with Crippen molar-refractivity contribution in [1.29, 1.82) is 0 Å². The molecule has 0 aliphatic heterocycles. The van der Waals surface area contributed by atoms with Crippen LogP contribution in [-0.4, -0.2) is 24.8 Å². The third-order valence-corrected chi connectivity index (χ3v) is 7.89. The van der Waals surface area contributed by atoms with Gasteiger partial charge in [-0.25, -0.2) is 9.97 Å². The molecule has 53 heavy (non-hydrogen) atoms. The van der Waals surface area contributed by atoms with Crippen LogP contribution in [0.15, 0.2) is 121 Å². The van der Waals surface area contributed by atoms with Crippen molar-refractivity contribution in [2.45, 2.75) is 99.8 Å². The van der Waals surface area contributed by atoms with Gasteiger partial charge in [0.25, 0.3) is 0 Å². The fourth-order valence-corrected chi connectivity index (χ4v) is 5.19. The largest absolute Gasteiger partial charge is 2.00 e. The van der Waals surface area contributed by atoms with E-state index >= 15 is 0 Å². The van der Waals surface area contributed by atoms with Crippen LogP contribution in [0.4, 0.5) is 11.4 Å². The number of allylic oxidation sites excluding steroid dienone is 2. The Morgan fingerprint density at radius 1 is 0.623 bits per heavy atom. The van der Waals surface area contributed by atoms with Crippen LogP contribution in [0, 0.1) is 38.0 Å². The molecule has 5 aromatic rings. The Balaban J connectivity index is 0. The molecule has 0 saturated carbocycles. The number of para-hydroxylation sites is 2. The third-order valence-electron chi connectivity index (χ3n) is 7.89. The molecule has 0 amide bonds. The van der Waals surface area contributed by atoms with Gasteiger partial charge in [-0.05, 0) is 48.6 Å². The molecule has 2 heterocycles. The van der Waals surface area contributed by atoms with Crippen molar-refractivity contribution in [3.8, 4) is 0 Å². The topological polar surface area (TPSA) is 119 Å². The summed E-state index contributed by atoms with van der Waals surface area (Å²) < 4.78 is 3.78. The maximum absolute atomic E-state index is 5.08. The van der Waals surface area contributed by atoms with Gasteiger partial charge in [-0.3, -0.25) is 4.99 Å². The third kappa shape index (κ3) is 18.7. The van der Waals surface area contributed by atoms with E-state index in [2.05, 4.69) is 141 Å². The normalized spacial score (nSPS) is 10.8. The van der Waals surface area contributed by atoms with E-state index in [9.17, 15) is 0 Å². The van der Waals surface area contributed by atoms with Gasteiger partial charge in [0.1, 0.15) is 0 Å². The van der Waals surface area contributed by atoms with Gasteiger partial charge >= 0.3 is 0 Å². The summed E-state index contributed by atoms with van der Waals surface area (Å²) in [5.41, 5.74) is 10.8. The number of aromatic nitrogens is 4. The summed E-state index contributed by atoms with van der Waals surface area (Å²) in [7, 11) is 3.88. The monoisotopic (exact) mass is 944 g/mol. The van der Waals surface area contributed by atoms with Gasteiger partial charge in [-0.2, -0.15) is 5.70 Å². The second kappa shape index (κ2) is 26.9. The summed E-state index contributed by atoms with van der Waals surface area (Å²) in [6, 6.07) is 23.4. The van der Waals surface area contributed by atoms with Crippen LogP contribution in [0.25, 0.3) is 5.32 Å². The molecule has 3 aromatic carbocycles. The number of hydrogen-bond donors (Lipinski definition) is 0. The van der Waals surface area contributed by atoms with E-state index in [4.69, 9.17) is 10.3 Å². The summed E-state index contributed by atoms with van der Waals surface area (Å²) in [5.74, 6) is 1.75. The Hall–Kier alpha value is -3.74. The number of rotatable bonds is 8. The zero-order chi connectivity index (χ0) is 37.2. The van der Waals surface area contributed by atoms with E-state index in [0.29, 0.717) is 23.7 Å². The fourth-order valence-electron chi connectivity index (χ4n) is 5.19. The number of aryl methyl sites for hydroxylation is 3. The van der Waals surface area contributed by atoms with E-state index in [1.165, 1.54) is 27.8 Å². The molecule has 2 aromatic heterocycles. The Bertz CT molecular complexity index is 1640. The van der Waals surface area contributed by atoms with Crippen LogP contribution >= 0.6 is 0 Å². The molecule has 0 radical (unpaired) electrons. The Kier molecular flexibility index (Phi) is 26.1. The van der Waals surface area contributed by atoms with E-state index in [-0.39, 0.29) is 42.1 Å². The predicted octanol–water partition coefficient (Wildman–Crippen LogP) is 12.5. The smallest absolute Gasteiger partial charge is 0.0943 e. The Morgan fingerprint density at radius 2 is 1.02 bits per heavy atom. The minimum Gasteiger partial charge on any atom is -2.00 e. The average molecular weight is 944 g/mol. The van der Waals surface area contributed by atoms with Crippen LogP contribution in [0.3, 0.4) is 0 Å². The first-order valence-electron chi connectivity index (χ1n) is 17.8. The van der Waals surface area contributed by atoms with Crippen molar-refractivity contribution in [3.05, 3.63) is 149 Å². The van der Waals surface area contributed by atoms with Gasteiger partial charge in [-0.1, -0.05) is 152 Å². The van der Waals surface area contributed by atoms with Gasteiger partial charge < -0.3 is 25.4 Å². The Labute approximate surface area is 344 Å². The molecule has 0 unspecified atom stereocenters. The SMILES string of the molecule is CC(/C=C(/C)[N-]c1c(C(C)C)cccc1C(C)C)=Nc1c(C(C)C)cccc1C(C)C.Cc1ccccc1.Cn1ccnc1.Cn1ccnc1.[O-2].[O-2].[U]. The van der Waals surface area contributed by atoms with Crippen molar-refractivity contribution in [2.75, 3.05) is 0 Å². The number of benzene rings is 3. The molecule has 0 N–H and O–H groups in total. The molecule has 0 spiro atoms. The van der Waals surface area contributed by atoms with Crippen LogP contribution < -0.4 is 0 Å². The zero-order valence-electron chi connectivity index (χ0n) is 34.2. The quantitative estimate of drug-likeness (QED) is 0.144. The van der Waals surface area contributed by atoms with Gasteiger partial charge in [-0.15, -0.1) is 5.69 Å². The van der Waals surface area contributed by atoms with Crippen molar-refractivity contribution < 1.29 is 42.1 Å². The first-order chi connectivity index (χ1) is 23.7. The molecule has 0 aliphatic carbocycles. The van der Waals surface area contributed by atoms with Gasteiger partial charge in [0.2, 0.25) is 0 Å². The fraction of sp³-hybridized carbons (Fsp3) is 0.386. The van der Waals surface area contributed by atoms with E-state index in [0.717, 1.165) is 22.8 Å².